The van der Waals surface area contributed by atoms with Crippen LogP contribution in [-0.4, -0.2) is 18.3 Å². The molecule has 0 N–H and O–H groups in total. The van der Waals surface area contributed by atoms with E-state index in [2.05, 4.69) is 0 Å². The summed E-state index contributed by atoms with van der Waals surface area (Å²) in [6.07, 6.45) is 3.85. The summed E-state index contributed by atoms with van der Waals surface area (Å²) in [7, 11) is 0. The van der Waals surface area contributed by atoms with E-state index < -0.39 is 0 Å². The van der Waals surface area contributed by atoms with E-state index in [0.717, 1.165) is 12.2 Å². The smallest absolute Gasteiger partial charge is 0.331 e. The van der Waals surface area contributed by atoms with Crippen molar-refractivity contribution < 1.29 is 9.53 Å². The number of allylic oxidation sites excluding steroid dienone is 1. The van der Waals surface area contributed by atoms with Crippen molar-refractivity contribution in [1.82, 2.24) is 0 Å². The summed E-state index contributed by atoms with van der Waals surface area (Å²) in [6, 6.07) is 0. The molecule has 1 fully saturated rings. The molecule has 0 amide bonds. The number of rotatable bonds is 2. The van der Waals surface area contributed by atoms with Gasteiger partial charge in [-0.3, -0.25) is 0 Å². The van der Waals surface area contributed by atoms with Gasteiger partial charge in [-0.25, -0.2) is 4.79 Å². The van der Waals surface area contributed by atoms with E-state index in [-0.39, 0.29) is 5.97 Å². The first-order valence-corrected chi connectivity index (χ1v) is 4.81. The molecule has 0 aromatic rings. The molecule has 0 unspecified atom stereocenters. The van der Waals surface area contributed by atoms with Crippen LogP contribution in [0.5, 0.6) is 0 Å². The van der Waals surface area contributed by atoms with E-state index in [1.165, 1.54) is 11.3 Å². The summed E-state index contributed by atoms with van der Waals surface area (Å²) in [5, 5.41) is 0. The summed E-state index contributed by atoms with van der Waals surface area (Å²) >= 11 is 1.76. The molecule has 0 bridgehead atoms. The molecule has 1 aliphatic heterocycles. The van der Waals surface area contributed by atoms with Gasteiger partial charge in [-0.2, -0.15) is 0 Å². The maximum atomic E-state index is 10.9. The largest absolute Gasteiger partial charge is 0.463 e. The Labute approximate surface area is 71.0 Å². The Hall–Kier alpha value is -0.440. The van der Waals surface area contributed by atoms with Crippen LogP contribution in [0, 0.1) is 0 Å². The van der Waals surface area contributed by atoms with Crippen LogP contribution in [0.3, 0.4) is 0 Å². The van der Waals surface area contributed by atoms with Crippen LogP contribution in [0.4, 0.5) is 0 Å². The summed E-state index contributed by atoms with van der Waals surface area (Å²) in [5.74, 6) is 0.947. The third-order valence-corrected chi connectivity index (χ3v) is 2.61. The molecule has 2 nitrogen and oxygen atoms in total. The molecule has 0 aromatic carbocycles. The van der Waals surface area contributed by atoms with Crippen LogP contribution in [-0.2, 0) is 9.53 Å². The first-order chi connectivity index (χ1) is 5.33. The number of thioether (sulfide) groups is 1. The molecule has 3 heteroatoms. The van der Waals surface area contributed by atoms with Gasteiger partial charge < -0.3 is 4.74 Å². The molecular weight excluding hydrogens is 160 g/mol. The van der Waals surface area contributed by atoms with E-state index >= 15 is 0 Å². The van der Waals surface area contributed by atoms with Crippen molar-refractivity contribution in [3.8, 4) is 0 Å². The fraction of sp³-hybridized carbons (Fsp3) is 0.625. The molecule has 0 radical (unpaired) electrons. The highest BCUT2D eigenvalue weighted by atomic mass is 32.2. The summed E-state index contributed by atoms with van der Waals surface area (Å²) < 4.78 is 4.78. The number of ether oxygens (including phenoxy) is 1. The lowest BCUT2D eigenvalue weighted by Gasteiger charge is -1.96. The van der Waals surface area contributed by atoms with Crippen LogP contribution >= 0.6 is 11.8 Å². The fourth-order valence-electron chi connectivity index (χ4n) is 0.951. The zero-order valence-electron chi connectivity index (χ0n) is 6.63. The number of carbonyl (C=O) groups excluding carboxylic acids is 1. The molecule has 11 heavy (non-hydrogen) atoms. The molecule has 62 valence electrons. The van der Waals surface area contributed by atoms with Gasteiger partial charge in [0, 0.05) is 6.08 Å². The zero-order valence-corrected chi connectivity index (χ0v) is 7.45. The molecule has 1 heterocycles. The molecule has 0 atom stereocenters. The SMILES string of the molecule is CCOC(=O)/C=C1/CCCS1. The maximum Gasteiger partial charge on any atom is 0.331 e. The highest BCUT2D eigenvalue weighted by Gasteiger charge is 2.08. The lowest BCUT2D eigenvalue weighted by Crippen LogP contribution is -1.99. The number of esters is 1. The highest BCUT2D eigenvalue weighted by molar-refractivity contribution is 8.03. The van der Waals surface area contributed by atoms with Crippen molar-refractivity contribution in [2.75, 3.05) is 12.4 Å². The van der Waals surface area contributed by atoms with Gasteiger partial charge in [-0.1, -0.05) is 0 Å². The van der Waals surface area contributed by atoms with Gasteiger partial charge in [0.25, 0.3) is 0 Å². The van der Waals surface area contributed by atoms with E-state index in [1.54, 1.807) is 17.8 Å². The topological polar surface area (TPSA) is 26.3 Å². The molecule has 1 saturated heterocycles. The van der Waals surface area contributed by atoms with Gasteiger partial charge in [-0.15, -0.1) is 11.8 Å². The van der Waals surface area contributed by atoms with Crippen LogP contribution < -0.4 is 0 Å². The zero-order chi connectivity index (χ0) is 8.10. The lowest BCUT2D eigenvalue weighted by molar-refractivity contribution is -0.137. The summed E-state index contributed by atoms with van der Waals surface area (Å²) in [5.41, 5.74) is 0. The van der Waals surface area contributed by atoms with Gasteiger partial charge >= 0.3 is 5.97 Å². The lowest BCUT2D eigenvalue weighted by atomic mass is 10.3. The third-order valence-electron chi connectivity index (χ3n) is 1.42. The summed E-state index contributed by atoms with van der Waals surface area (Å²) in [6.45, 7) is 2.28. The highest BCUT2D eigenvalue weighted by Crippen LogP contribution is 2.29. The van der Waals surface area contributed by atoms with Crippen molar-refractivity contribution >= 4 is 17.7 Å². The fourth-order valence-corrected chi connectivity index (χ4v) is 1.97. The van der Waals surface area contributed by atoms with Crippen molar-refractivity contribution in [2.24, 2.45) is 0 Å². The third kappa shape index (κ3) is 2.97. The van der Waals surface area contributed by atoms with Gasteiger partial charge in [0.05, 0.1) is 6.61 Å². The second-order valence-corrected chi connectivity index (χ2v) is 3.54. The van der Waals surface area contributed by atoms with Crippen molar-refractivity contribution in [1.29, 1.82) is 0 Å². The van der Waals surface area contributed by atoms with Crippen LogP contribution in [0.2, 0.25) is 0 Å². The van der Waals surface area contributed by atoms with Crippen molar-refractivity contribution in [3.63, 3.8) is 0 Å². The van der Waals surface area contributed by atoms with Crippen LogP contribution in [0.25, 0.3) is 0 Å². The molecule has 0 saturated carbocycles. The quantitative estimate of drug-likeness (QED) is 0.470. The maximum absolute atomic E-state index is 10.9. The normalized spacial score (nSPS) is 20.6. The van der Waals surface area contributed by atoms with Crippen molar-refractivity contribution in [2.45, 2.75) is 19.8 Å². The average molecular weight is 172 g/mol. The van der Waals surface area contributed by atoms with E-state index in [9.17, 15) is 4.79 Å². The number of hydrogen-bond acceptors (Lipinski definition) is 3. The van der Waals surface area contributed by atoms with Gasteiger partial charge in [0.15, 0.2) is 0 Å². The Bertz CT molecular complexity index is 167. The predicted molar refractivity (Wildman–Crippen MR) is 46.4 cm³/mol. The van der Waals surface area contributed by atoms with E-state index in [0.29, 0.717) is 6.61 Å². The van der Waals surface area contributed by atoms with Gasteiger partial charge in [-0.05, 0) is 30.4 Å². The monoisotopic (exact) mass is 172 g/mol. The minimum absolute atomic E-state index is 0.197. The molecule has 0 aliphatic carbocycles. The number of hydrogen-bond donors (Lipinski definition) is 0. The molecule has 0 spiro atoms. The van der Waals surface area contributed by atoms with Crippen LogP contribution in [0.1, 0.15) is 19.8 Å². The predicted octanol–water partition coefficient (Wildman–Crippen LogP) is 1.96. The second kappa shape index (κ2) is 4.44. The molecule has 1 aliphatic rings. The average Bonchev–Trinajstić information content (AvgIpc) is 2.40. The molecule has 1 rings (SSSR count). The molecule has 0 aromatic heterocycles. The first-order valence-electron chi connectivity index (χ1n) is 3.83. The van der Waals surface area contributed by atoms with Crippen LogP contribution in [0.15, 0.2) is 11.0 Å². The van der Waals surface area contributed by atoms with Gasteiger partial charge in [0.2, 0.25) is 0 Å². The minimum Gasteiger partial charge on any atom is -0.463 e. The standard InChI is InChI=1S/C8H12O2S/c1-2-10-8(9)6-7-4-3-5-11-7/h6H,2-5H2,1H3/b7-6-. The Morgan fingerprint density at radius 3 is 3.18 bits per heavy atom. The number of carbonyl (C=O) groups is 1. The Morgan fingerprint density at radius 2 is 2.64 bits per heavy atom. The van der Waals surface area contributed by atoms with E-state index in [4.69, 9.17) is 4.74 Å². The first kappa shape index (κ1) is 8.65. The molecular formula is C8H12O2S. The Morgan fingerprint density at radius 1 is 1.82 bits per heavy atom. The van der Waals surface area contributed by atoms with E-state index in [1.807, 2.05) is 6.92 Å². The Balaban J connectivity index is 2.36. The van der Waals surface area contributed by atoms with Gasteiger partial charge in [0.1, 0.15) is 0 Å². The second-order valence-electron chi connectivity index (χ2n) is 2.31. The minimum atomic E-state index is -0.197. The Kier molecular flexibility index (Phi) is 3.49. The van der Waals surface area contributed by atoms with Crippen molar-refractivity contribution in [3.05, 3.63) is 11.0 Å². The summed E-state index contributed by atoms with van der Waals surface area (Å²) in [4.78, 5) is 12.1.